The van der Waals surface area contributed by atoms with Gasteiger partial charge in [0.1, 0.15) is 12.8 Å². The fourth-order valence-corrected chi connectivity index (χ4v) is 5.99. The Hall–Kier alpha value is -1.70. The predicted octanol–water partition coefficient (Wildman–Crippen LogP) is 5.05. The smallest absolute Gasteiger partial charge is 0.372 e. The van der Waals surface area contributed by atoms with Gasteiger partial charge in [0.2, 0.25) is 0 Å². The highest BCUT2D eigenvalue weighted by Gasteiger charge is 2.46. The molecule has 1 aromatic heterocycles. The molecule has 1 fully saturated rings. The van der Waals surface area contributed by atoms with Crippen molar-refractivity contribution in [1.29, 1.82) is 0 Å². The van der Waals surface area contributed by atoms with Gasteiger partial charge in [-0.1, -0.05) is 17.8 Å². The van der Waals surface area contributed by atoms with Crippen LogP contribution in [0.15, 0.2) is 35.2 Å². The second-order valence-corrected chi connectivity index (χ2v) is 11.3. The molecule has 33 heavy (non-hydrogen) atoms. The minimum absolute atomic E-state index is 0.00830. The SMILES string of the molecule is COCn1nc(CSC(F)F)cc1C1CC(C)(S(=O)(=O)c2cccc(C(F)(F)F)c2)CCO1. The van der Waals surface area contributed by atoms with E-state index in [0.29, 0.717) is 29.2 Å². The van der Waals surface area contributed by atoms with E-state index in [0.717, 1.165) is 18.2 Å². The molecule has 13 heteroatoms. The molecular weight excluding hydrogens is 491 g/mol. The van der Waals surface area contributed by atoms with Crippen molar-refractivity contribution in [1.82, 2.24) is 9.78 Å². The first-order chi connectivity index (χ1) is 15.4. The number of nitrogens with zero attached hydrogens (tertiary/aromatic N) is 2. The Labute approximate surface area is 192 Å². The van der Waals surface area contributed by atoms with Gasteiger partial charge >= 0.3 is 6.18 Å². The number of rotatable bonds is 8. The maximum atomic E-state index is 13.4. The summed E-state index contributed by atoms with van der Waals surface area (Å²) in [5.41, 5.74) is -0.244. The van der Waals surface area contributed by atoms with Crippen LogP contribution in [-0.4, -0.2) is 42.4 Å². The van der Waals surface area contributed by atoms with Crippen LogP contribution in [0.5, 0.6) is 0 Å². The highest BCUT2D eigenvalue weighted by molar-refractivity contribution is 7.98. The number of methoxy groups -OCH3 is 1. The van der Waals surface area contributed by atoms with Crippen LogP contribution in [0.2, 0.25) is 0 Å². The molecule has 0 spiro atoms. The van der Waals surface area contributed by atoms with Crippen molar-refractivity contribution in [3.8, 4) is 0 Å². The maximum Gasteiger partial charge on any atom is 0.416 e. The molecule has 2 atom stereocenters. The minimum atomic E-state index is -4.68. The van der Waals surface area contributed by atoms with Crippen LogP contribution in [0.4, 0.5) is 22.0 Å². The van der Waals surface area contributed by atoms with Gasteiger partial charge < -0.3 is 9.47 Å². The summed E-state index contributed by atoms with van der Waals surface area (Å²) in [7, 11) is -2.75. The number of hydrogen-bond donors (Lipinski definition) is 0. The molecule has 1 aliphatic rings. The fraction of sp³-hybridized carbons (Fsp3) is 0.550. The van der Waals surface area contributed by atoms with Crippen LogP contribution in [0.3, 0.4) is 0 Å². The number of sulfone groups is 1. The first-order valence-corrected chi connectivity index (χ1v) is 12.4. The molecule has 2 aromatic rings. The van der Waals surface area contributed by atoms with Crippen molar-refractivity contribution in [3.05, 3.63) is 47.3 Å². The van der Waals surface area contributed by atoms with E-state index in [1.807, 2.05) is 0 Å². The zero-order valence-electron chi connectivity index (χ0n) is 17.8. The Morgan fingerprint density at radius 2 is 2.06 bits per heavy atom. The zero-order chi connectivity index (χ0) is 24.4. The molecule has 6 nitrogen and oxygen atoms in total. The molecule has 0 amide bonds. The van der Waals surface area contributed by atoms with Crippen LogP contribution < -0.4 is 0 Å². The lowest BCUT2D eigenvalue weighted by atomic mass is 9.94. The van der Waals surface area contributed by atoms with Crippen LogP contribution in [-0.2, 0) is 38.0 Å². The Bertz CT molecular complexity index is 1070. The van der Waals surface area contributed by atoms with Gasteiger partial charge in [0.25, 0.3) is 5.76 Å². The van der Waals surface area contributed by atoms with Crippen molar-refractivity contribution in [2.24, 2.45) is 0 Å². The highest BCUT2D eigenvalue weighted by atomic mass is 32.2. The first kappa shape index (κ1) is 25.9. The van der Waals surface area contributed by atoms with Crippen molar-refractivity contribution in [2.45, 2.75) is 59.9 Å². The third kappa shape index (κ3) is 5.69. The number of hydrogen-bond acceptors (Lipinski definition) is 6. The van der Waals surface area contributed by atoms with Crippen LogP contribution in [0, 0.1) is 0 Å². The van der Waals surface area contributed by atoms with Gasteiger partial charge in [-0.2, -0.15) is 27.1 Å². The van der Waals surface area contributed by atoms with Gasteiger partial charge in [0.05, 0.1) is 26.6 Å². The Kier molecular flexibility index (Phi) is 7.76. The summed E-state index contributed by atoms with van der Waals surface area (Å²) >= 11 is 0.397. The largest absolute Gasteiger partial charge is 0.416 e. The lowest BCUT2D eigenvalue weighted by molar-refractivity contribution is -0.137. The van der Waals surface area contributed by atoms with Gasteiger partial charge in [0, 0.05) is 19.5 Å². The zero-order valence-corrected chi connectivity index (χ0v) is 19.4. The lowest BCUT2D eigenvalue weighted by Crippen LogP contribution is -2.42. The van der Waals surface area contributed by atoms with Gasteiger partial charge in [-0.05, 0) is 44.0 Å². The van der Waals surface area contributed by atoms with E-state index >= 15 is 0 Å². The van der Waals surface area contributed by atoms with Gasteiger partial charge in [-0.25, -0.2) is 13.1 Å². The van der Waals surface area contributed by atoms with Crippen molar-refractivity contribution < 1.29 is 39.8 Å². The lowest BCUT2D eigenvalue weighted by Gasteiger charge is -2.37. The molecule has 3 rings (SSSR count). The quantitative estimate of drug-likeness (QED) is 0.460. The average Bonchev–Trinajstić information content (AvgIpc) is 3.15. The molecule has 0 N–H and O–H groups in total. The van der Waals surface area contributed by atoms with Crippen LogP contribution in [0.25, 0.3) is 0 Å². The van der Waals surface area contributed by atoms with E-state index in [-0.39, 0.29) is 31.9 Å². The van der Waals surface area contributed by atoms with Gasteiger partial charge in [-0.15, -0.1) is 0 Å². The molecule has 1 aromatic carbocycles. The normalized spacial score (nSPS) is 22.1. The van der Waals surface area contributed by atoms with E-state index in [1.165, 1.54) is 18.7 Å². The summed E-state index contributed by atoms with van der Waals surface area (Å²) in [6, 6.07) is 5.23. The van der Waals surface area contributed by atoms with Gasteiger partial charge in [-0.3, -0.25) is 0 Å². The summed E-state index contributed by atoms with van der Waals surface area (Å²) in [6.45, 7) is 1.51. The highest BCUT2D eigenvalue weighted by Crippen LogP contribution is 2.43. The standard InChI is InChI=1S/C20H23F5N2O4S2/c1-19(33(28,29)15-5-3-4-13(8-15)20(23,24)25)6-7-31-17(10-19)16-9-14(11-32-18(21)22)26-27(16)12-30-2/h3-5,8-9,17-18H,6-7,10-12H2,1-2H3. The summed E-state index contributed by atoms with van der Waals surface area (Å²) in [6.07, 6.45) is -5.42. The van der Waals surface area contributed by atoms with Gasteiger partial charge in [0.15, 0.2) is 9.84 Å². The topological polar surface area (TPSA) is 70.4 Å². The minimum Gasteiger partial charge on any atom is -0.372 e. The number of halogens is 5. The number of alkyl halides is 5. The third-order valence-electron chi connectivity index (χ3n) is 5.49. The number of aromatic nitrogens is 2. The molecule has 2 unspecified atom stereocenters. The third-order valence-corrected chi connectivity index (χ3v) is 8.75. The van der Waals surface area contributed by atoms with Crippen LogP contribution in [0.1, 0.15) is 42.8 Å². The van der Waals surface area contributed by atoms with E-state index in [4.69, 9.17) is 9.47 Å². The molecule has 184 valence electrons. The molecule has 0 bridgehead atoms. The maximum absolute atomic E-state index is 13.4. The summed E-state index contributed by atoms with van der Waals surface area (Å²) < 4.78 is 102. The molecule has 0 saturated carbocycles. The van der Waals surface area contributed by atoms with E-state index in [2.05, 4.69) is 5.10 Å². The summed E-state index contributed by atoms with van der Waals surface area (Å²) in [5, 5.41) is 4.24. The Balaban J connectivity index is 1.92. The predicted molar refractivity (Wildman–Crippen MR) is 111 cm³/mol. The monoisotopic (exact) mass is 514 g/mol. The number of thioether (sulfide) groups is 1. The fourth-order valence-electron chi connectivity index (χ4n) is 3.72. The average molecular weight is 515 g/mol. The Morgan fingerprint density at radius 1 is 1.33 bits per heavy atom. The van der Waals surface area contributed by atoms with Crippen molar-refractivity contribution >= 4 is 21.6 Å². The summed E-state index contributed by atoms with van der Waals surface area (Å²) in [4.78, 5) is -0.417. The molecule has 0 aliphatic carbocycles. The van der Waals surface area contributed by atoms with Crippen molar-refractivity contribution in [3.63, 3.8) is 0 Å². The molecule has 1 aliphatic heterocycles. The van der Waals surface area contributed by atoms with E-state index in [9.17, 15) is 30.4 Å². The molecular formula is C20H23F5N2O4S2. The van der Waals surface area contributed by atoms with E-state index < -0.39 is 43.1 Å². The van der Waals surface area contributed by atoms with Crippen molar-refractivity contribution in [2.75, 3.05) is 13.7 Å². The van der Waals surface area contributed by atoms with Crippen LogP contribution >= 0.6 is 11.8 Å². The Morgan fingerprint density at radius 3 is 2.70 bits per heavy atom. The first-order valence-electron chi connectivity index (χ1n) is 9.86. The number of benzene rings is 1. The second kappa shape index (κ2) is 9.88. The van der Waals surface area contributed by atoms with E-state index in [1.54, 1.807) is 6.07 Å². The summed E-state index contributed by atoms with van der Waals surface area (Å²) in [5.74, 6) is -2.64. The second-order valence-electron chi connectivity index (χ2n) is 7.84. The molecule has 2 heterocycles. The molecule has 1 saturated heterocycles. The molecule has 0 radical (unpaired) electrons. The number of ether oxygens (including phenoxy) is 2.